The van der Waals surface area contributed by atoms with Crippen LogP contribution in [0.5, 0.6) is 5.75 Å². The highest BCUT2D eigenvalue weighted by Gasteiger charge is 2.22. The second-order valence-electron chi connectivity index (χ2n) is 8.77. The zero-order valence-electron chi connectivity index (χ0n) is 20.5. The van der Waals surface area contributed by atoms with E-state index < -0.39 is 0 Å². The van der Waals surface area contributed by atoms with Crippen molar-refractivity contribution in [1.29, 1.82) is 10.8 Å². The second-order valence-corrected chi connectivity index (χ2v) is 9.89. The van der Waals surface area contributed by atoms with E-state index in [4.69, 9.17) is 24.7 Å². The lowest BCUT2D eigenvalue weighted by Gasteiger charge is -2.31. The van der Waals surface area contributed by atoms with Crippen molar-refractivity contribution in [2.75, 3.05) is 26.2 Å². The van der Waals surface area contributed by atoms with Gasteiger partial charge < -0.3 is 18.8 Å². The van der Waals surface area contributed by atoms with Crippen LogP contribution in [0.25, 0.3) is 21.1 Å². The average Bonchev–Trinajstić information content (AvgIpc) is 3.53. The van der Waals surface area contributed by atoms with Gasteiger partial charge in [-0.15, -0.1) is 24.2 Å². The van der Waals surface area contributed by atoms with Crippen LogP contribution in [0.1, 0.15) is 42.7 Å². The Hall–Kier alpha value is -3.60. The van der Waals surface area contributed by atoms with Crippen LogP contribution in [0.15, 0.2) is 59.0 Å². The lowest BCUT2D eigenvalue weighted by Crippen LogP contribution is -2.34. The third-order valence-corrected chi connectivity index (χ3v) is 7.59. The van der Waals surface area contributed by atoms with Gasteiger partial charge in [-0.25, -0.2) is 0 Å². The van der Waals surface area contributed by atoms with Crippen molar-refractivity contribution in [1.82, 2.24) is 4.90 Å². The van der Waals surface area contributed by atoms with Crippen LogP contribution in [-0.2, 0) is 4.74 Å². The highest BCUT2D eigenvalue weighted by atomic mass is 32.1. The van der Waals surface area contributed by atoms with Gasteiger partial charge in [0.1, 0.15) is 11.3 Å². The van der Waals surface area contributed by atoms with Crippen LogP contribution in [0.3, 0.4) is 0 Å². The summed E-state index contributed by atoms with van der Waals surface area (Å²) in [5.74, 6) is 1.50. The van der Waals surface area contributed by atoms with Crippen molar-refractivity contribution < 1.29 is 13.9 Å². The van der Waals surface area contributed by atoms with Crippen LogP contribution >= 0.6 is 11.3 Å². The normalized spacial score (nSPS) is 14.3. The lowest BCUT2D eigenvalue weighted by atomic mass is 9.95. The number of ether oxygens (including phenoxy) is 2. The second kappa shape index (κ2) is 11.9. The van der Waals surface area contributed by atoms with E-state index in [0.717, 1.165) is 37.2 Å². The third-order valence-electron chi connectivity index (χ3n) is 6.31. The molecule has 2 aromatic carbocycles. The lowest BCUT2D eigenvalue weighted by molar-refractivity contribution is 0.194. The molecule has 0 bridgehead atoms. The molecule has 1 aliphatic rings. The minimum absolute atomic E-state index is 0.0465. The van der Waals surface area contributed by atoms with Crippen LogP contribution < -0.4 is 4.74 Å². The Bertz CT molecular complexity index is 1330. The number of piperidine rings is 1. The molecule has 3 heterocycles. The molecule has 2 aromatic heterocycles. The van der Waals surface area contributed by atoms with E-state index in [1.807, 2.05) is 29.5 Å². The van der Waals surface area contributed by atoms with Gasteiger partial charge in [0, 0.05) is 29.1 Å². The summed E-state index contributed by atoms with van der Waals surface area (Å²) in [6.07, 6.45) is 11.4. The number of furan rings is 1. The van der Waals surface area contributed by atoms with Crippen molar-refractivity contribution in [2.45, 2.75) is 32.1 Å². The predicted octanol–water partition coefficient (Wildman–Crippen LogP) is 6.88. The topological polar surface area (TPSA) is 82.5 Å². The zero-order valence-corrected chi connectivity index (χ0v) is 21.3. The zero-order chi connectivity index (χ0) is 25.5. The average molecular weight is 502 g/mol. The van der Waals surface area contributed by atoms with Crippen LogP contribution in [0.4, 0.5) is 0 Å². The molecule has 0 spiro atoms. The van der Waals surface area contributed by atoms with Crippen molar-refractivity contribution in [3.05, 3.63) is 65.2 Å². The maximum Gasteiger partial charge on any atom is 0.256 e. The first-order valence-corrected chi connectivity index (χ1v) is 12.9. The summed E-state index contributed by atoms with van der Waals surface area (Å²) in [7, 11) is 0. The Morgan fingerprint density at radius 2 is 1.86 bits per heavy atom. The first-order chi connectivity index (χ1) is 17.6. The summed E-state index contributed by atoms with van der Waals surface area (Å²) >= 11 is 1.95. The molecule has 0 saturated carbocycles. The Labute approximate surface area is 215 Å². The largest absolute Gasteiger partial charge is 0.493 e. The molecule has 0 unspecified atom stereocenters. The van der Waals surface area contributed by atoms with Crippen molar-refractivity contribution in [3.63, 3.8) is 0 Å². The molecule has 4 aromatic rings. The molecule has 0 radical (unpaired) electrons. The Kier molecular flexibility index (Phi) is 8.42. The van der Waals surface area contributed by atoms with Gasteiger partial charge in [-0.3, -0.25) is 10.8 Å². The molecular formula is C29H31N3O3S. The van der Waals surface area contributed by atoms with Gasteiger partial charge in [-0.2, -0.15) is 0 Å². The van der Waals surface area contributed by atoms with Crippen LogP contribution in [-0.4, -0.2) is 42.9 Å². The quantitative estimate of drug-likeness (QED) is 0.125. The number of likely N-dealkylation sites (tertiary alicyclic amines) is 1. The molecule has 0 atom stereocenters. The Morgan fingerprint density at radius 1 is 1.08 bits per heavy atom. The summed E-state index contributed by atoms with van der Waals surface area (Å²) in [6, 6.07) is 18.5. The molecule has 36 heavy (non-hydrogen) atoms. The first-order valence-electron chi connectivity index (χ1n) is 12.1. The van der Waals surface area contributed by atoms with Gasteiger partial charge in [0.15, 0.2) is 11.7 Å². The van der Waals surface area contributed by atoms with Gasteiger partial charge >= 0.3 is 0 Å². The summed E-state index contributed by atoms with van der Waals surface area (Å²) in [5.41, 5.74) is 0.645. The number of hydrogen-bond acceptors (Lipinski definition) is 7. The van der Waals surface area contributed by atoms with Gasteiger partial charge in [-0.1, -0.05) is 24.3 Å². The van der Waals surface area contributed by atoms with E-state index in [2.05, 4.69) is 48.1 Å². The smallest absolute Gasteiger partial charge is 0.256 e. The fourth-order valence-corrected chi connectivity index (χ4v) is 5.82. The monoisotopic (exact) mass is 501 g/mol. The summed E-state index contributed by atoms with van der Waals surface area (Å²) < 4.78 is 18.2. The fourth-order valence-electron chi connectivity index (χ4n) is 4.59. The standard InChI is InChI=1S/C27H29N3O3S.C2H2/c1-18(28)32-27(29)24-17-21-22(7-4-8-23(21)33-24)31-15-5-12-30-13-10-19(11-14-30)26-16-20-6-2-3-9-25(20)34-26;1-2/h2-4,6-9,16-17,19,28-29H,5,10-15H2,1H3;1-2H. The van der Waals surface area contributed by atoms with Crippen molar-refractivity contribution in [2.24, 2.45) is 0 Å². The van der Waals surface area contributed by atoms with E-state index in [9.17, 15) is 0 Å². The van der Waals surface area contributed by atoms with E-state index >= 15 is 0 Å². The molecule has 1 fully saturated rings. The molecule has 186 valence electrons. The molecule has 7 heteroatoms. The molecule has 0 aliphatic carbocycles. The number of rotatable bonds is 7. The van der Waals surface area contributed by atoms with E-state index in [-0.39, 0.29) is 11.8 Å². The number of nitrogens with zero attached hydrogens (tertiary/aromatic N) is 1. The Balaban J connectivity index is 0.00000148. The van der Waals surface area contributed by atoms with E-state index in [1.54, 1.807) is 6.07 Å². The van der Waals surface area contributed by atoms with E-state index in [0.29, 0.717) is 23.9 Å². The highest BCUT2D eigenvalue weighted by molar-refractivity contribution is 7.19. The summed E-state index contributed by atoms with van der Waals surface area (Å²) in [6.45, 7) is 5.41. The number of terminal acetylenes is 1. The molecule has 5 rings (SSSR count). The predicted molar refractivity (Wildman–Crippen MR) is 148 cm³/mol. The molecule has 2 N–H and O–H groups in total. The van der Waals surface area contributed by atoms with Gasteiger partial charge in [0.2, 0.25) is 0 Å². The summed E-state index contributed by atoms with van der Waals surface area (Å²) in [4.78, 5) is 4.08. The number of thiophene rings is 1. The fraction of sp³-hybridized carbons (Fsp3) is 0.310. The number of fused-ring (bicyclic) bond motifs is 2. The van der Waals surface area contributed by atoms with Gasteiger partial charge in [0.05, 0.1) is 12.0 Å². The van der Waals surface area contributed by atoms with Gasteiger partial charge in [-0.05, 0) is 67.9 Å². The number of benzene rings is 2. The summed E-state index contributed by atoms with van der Waals surface area (Å²) in [5, 5.41) is 17.5. The van der Waals surface area contributed by atoms with Gasteiger partial charge in [0.25, 0.3) is 5.90 Å². The molecular weight excluding hydrogens is 470 g/mol. The minimum atomic E-state index is -0.172. The first kappa shape index (κ1) is 25.5. The van der Waals surface area contributed by atoms with Crippen molar-refractivity contribution >= 4 is 44.2 Å². The van der Waals surface area contributed by atoms with Crippen molar-refractivity contribution in [3.8, 4) is 18.6 Å². The maximum atomic E-state index is 7.94. The maximum absolute atomic E-state index is 7.94. The highest BCUT2D eigenvalue weighted by Crippen LogP contribution is 2.36. The molecule has 1 saturated heterocycles. The van der Waals surface area contributed by atoms with Crippen LogP contribution in [0.2, 0.25) is 0 Å². The minimum Gasteiger partial charge on any atom is -0.493 e. The SMILES string of the molecule is C#C.CC(=N)OC(=N)c1cc2c(OCCCN3CCC(c4cc5ccccc5s4)CC3)cccc2o1. The molecule has 0 amide bonds. The number of hydrogen-bond donors (Lipinski definition) is 2. The molecule has 6 nitrogen and oxygen atoms in total. The third kappa shape index (κ3) is 5.96. The van der Waals surface area contributed by atoms with Crippen LogP contribution in [0, 0.1) is 23.7 Å². The van der Waals surface area contributed by atoms with E-state index in [1.165, 1.54) is 34.7 Å². The Morgan fingerprint density at radius 3 is 2.61 bits per heavy atom. The number of nitrogens with one attached hydrogen (secondary N) is 2. The molecule has 1 aliphatic heterocycles.